The lowest BCUT2D eigenvalue weighted by Crippen LogP contribution is -3.13. The highest BCUT2D eigenvalue weighted by Gasteiger charge is 2.29. The summed E-state index contributed by atoms with van der Waals surface area (Å²) in [5.41, 5.74) is 2.45. The highest BCUT2D eigenvalue weighted by molar-refractivity contribution is 7.88. The summed E-state index contributed by atoms with van der Waals surface area (Å²) in [6, 6.07) is 14.8. The number of carbonyl (C=O) groups excluding carboxylic acids is 1. The lowest BCUT2D eigenvalue weighted by molar-refractivity contribution is -0.917. The van der Waals surface area contributed by atoms with Gasteiger partial charge in [-0.15, -0.1) is 0 Å². The van der Waals surface area contributed by atoms with Crippen LogP contribution in [-0.4, -0.2) is 51.8 Å². The third-order valence-electron chi connectivity index (χ3n) is 5.14. The molecule has 2 aromatic carbocycles. The topological polar surface area (TPSA) is 68.1 Å². The number of hydrogen-bond donors (Lipinski definition) is 1. The van der Waals surface area contributed by atoms with E-state index in [0.29, 0.717) is 25.2 Å². The summed E-state index contributed by atoms with van der Waals surface area (Å²) >= 11 is 0. The number of Topliss-reactive ketones (excluding diaryl/α,β-unsaturated/α-hetero) is 1. The number of quaternary nitrogens is 1. The van der Waals surface area contributed by atoms with E-state index in [0.717, 1.165) is 30.0 Å². The van der Waals surface area contributed by atoms with Crippen LogP contribution in [0.5, 0.6) is 5.75 Å². The molecule has 0 atom stereocenters. The molecule has 6 nitrogen and oxygen atoms in total. The average molecular weight is 404 g/mol. The highest BCUT2D eigenvalue weighted by atomic mass is 32.2. The van der Waals surface area contributed by atoms with Gasteiger partial charge in [0.15, 0.2) is 5.78 Å². The first-order valence-electron chi connectivity index (χ1n) is 9.42. The van der Waals surface area contributed by atoms with Gasteiger partial charge in [-0.1, -0.05) is 30.3 Å². The molecule has 0 aromatic heterocycles. The Balaban J connectivity index is 1.63. The van der Waals surface area contributed by atoms with E-state index in [1.165, 1.54) is 4.90 Å². The molecule has 0 aliphatic carbocycles. The summed E-state index contributed by atoms with van der Waals surface area (Å²) in [4.78, 5) is 13.0. The molecule has 1 heterocycles. The Morgan fingerprint density at radius 3 is 2.39 bits per heavy atom. The van der Waals surface area contributed by atoms with Crippen LogP contribution in [0.3, 0.4) is 0 Å². The van der Waals surface area contributed by atoms with Gasteiger partial charge >= 0.3 is 0 Å². The zero-order chi connectivity index (χ0) is 20.1. The summed E-state index contributed by atoms with van der Waals surface area (Å²) in [6.45, 7) is 4.70. The number of ketones is 1. The van der Waals surface area contributed by atoms with Crippen LogP contribution in [0.2, 0.25) is 0 Å². The zero-order valence-corrected chi connectivity index (χ0v) is 17.2. The number of rotatable bonds is 7. The van der Waals surface area contributed by atoms with Crippen LogP contribution in [0.1, 0.15) is 28.4 Å². The molecule has 0 bridgehead atoms. The standard InChI is InChI=1S/C21H26N2O4S/c1-17(24)19-8-9-21(27-2)20(14-19)15-22-10-12-23(13-11-22)28(25,26)16-18-6-4-3-5-7-18/h3-9,14H,10-13,15-16H2,1-2H3/p+1. The first-order valence-corrected chi connectivity index (χ1v) is 11.0. The molecule has 0 spiro atoms. The number of methoxy groups -OCH3 is 1. The molecule has 150 valence electrons. The Hall–Kier alpha value is -2.22. The summed E-state index contributed by atoms with van der Waals surface area (Å²) in [5, 5.41) is 0. The van der Waals surface area contributed by atoms with Gasteiger partial charge in [0.1, 0.15) is 12.3 Å². The molecule has 1 aliphatic heterocycles. The minimum atomic E-state index is -3.31. The number of nitrogens with one attached hydrogen (secondary N) is 1. The number of piperazine rings is 1. The summed E-state index contributed by atoms with van der Waals surface area (Å²) in [7, 11) is -1.69. The third-order valence-corrected chi connectivity index (χ3v) is 6.99. The quantitative estimate of drug-likeness (QED) is 0.704. The molecular formula is C21H27N2O4S+. The van der Waals surface area contributed by atoms with Crippen molar-refractivity contribution in [2.75, 3.05) is 33.3 Å². The average Bonchev–Trinajstić information content (AvgIpc) is 2.68. The molecule has 2 aromatic rings. The van der Waals surface area contributed by atoms with E-state index < -0.39 is 10.0 Å². The molecule has 3 rings (SSSR count). The summed E-state index contributed by atoms with van der Waals surface area (Å²) in [6.07, 6.45) is 0. The fraction of sp³-hybridized carbons (Fsp3) is 0.381. The van der Waals surface area contributed by atoms with Crippen LogP contribution in [0, 0.1) is 0 Å². The van der Waals surface area contributed by atoms with E-state index in [1.807, 2.05) is 42.5 Å². The molecule has 0 amide bonds. The van der Waals surface area contributed by atoms with Crippen LogP contribution in [0.25, 0.3) is 0 Å². The Morgan fingerprint density at radius 1 is 1.11 bits per heavy atom. The number of hydrogen-bond acceptors (Lipinski definition) is 4. The van der Waals surface area contributed by atoms with Crippen LogP contribution in [0.4, 0.5) is 0 Å². The van der Waals surface area contributed by atoms with Gasteiger partial charge in [0.2, 0.25) is 10.0 Å². The van der Waals surface area contributed by atoms with Gasteiger partial charge in [-0.05, 0) is 30.7 Å². The summed E-state index contributed by atoms with van der Waals surface area (Å²) in [5.74, 6) is 0.824. The largest absolute Gasteiger partial charge is 0.496 e. The van der Waals surface area contributed by atoms with Crippen molar-refractivity contribution in [3.63, 3.8) is 0 Å². The van der Waals surface area contributed by atoms with Gasteiger partial charge in [0.05, 0.1) is 39.0 Å². The molecule has 1 saturated heterocycles. The maximum atomic E-state index is 12.7. The minimum absolute atomic E-state index is 0.0238. The molecule has 0 saturated carbocycles. The van der Waals surface area contributed by atoms with Crippen LogP contribution in [-0.2, 0) is 22.3 Å². The van der Waals surface area contributed by atoms with Crippen molar-refractivity contribution in [2.45, 2.75) is 19.2 Å². The zero-order valence-electron chi connectivity index (χ0n) is 16.3. The molecule has 28 heavy (non-hydrogen) atoms. The molecule has 0 unspecified atom stereocenters. The van der Waals surface area contributed by atoms with Crippen LogP contribution < -0.4 is 9.64 Å². The van der Waals surface area contributed by atoms with Gasteiger partial charge in [-0.25, -0.2) is 8.42 Å². The minimum Gasteiger partial charge on any atom is -0.496 e. The fourth-order valence-corrected chi connectivity index (χ4v) is 5.07. The van der Waals surface area contributed by atoms with Crippen molar-refractivity contribution in [1.82, 2.24) is 4.31 Å². The second-order valence-corrected chi connectivity index (χ2v) is 9.12. The molecule has 1 fully saturated rings. The second-order valence-electron chi connectivity index (χ2n) is 7.15. The maximum absolute atomic E-state index is 12.7. The number of carbonyl (C=O) groups is 1. The normalized spacial score (nSPS) is 16.1. The van der Waals surface area contributed by atoms with E-state index in [2.05, 4.69) is 0 Å². The van der Waals surface area contributed by atoms with Crippen molar-refractivity contribution in [3.05, 3.63) is 65.2 Å². The van der Waals surface area contributed by atoms with Crippen molar-refractivity contribution < 1.29 is 22.8 Å². The highest BCUT2D eigenvalue weighted by Crippen LogP contribution is 2.19. The first-order chi connectivity index (χ1) is 13.4. The number of sulfonamides is 1. The third kappa shape index (κ3) is 4.98. The molecule has 0 radical (unpaired) electrons. The Labute approximate surface area is 166 Å². The number of ether oxygens (including phenoxy) is 1. The molecular weight excluding hydrogens is 376 g/mol. The smallest absolute Gasteiger partial charge is 0.218 e. The Kier molecular flexibility index (Phi) is 6.49. The van der Waals surface area contributed by atoms with Crippen molar-refractivity contribution in [2.24, 2.45) is 0 Å². The van der Waals surface area contributed by atoms with E-state index in [-0.39, 0.29) is 11.5 Å². The Morgan fingerprint density at radius 2 is 1.79 bits per heavy atom. The molecule has 1 aliphatic rings. The SMILES string of the molecule is COc1ccc(C(C)=O)cc1C[NH+]1CCN(S(=O)(=O)Cc2ccccc2)CC1. The van der Waals surface area contributed by atoms with Crippen LogP contribution >= 0.6 is 0 Å². The van der Waals surface area contributed by atoms with Gasteiger partial charge in [-0.2, -0.15) is 4.31 Å². The molecule has 1 N–H and O–H groups in total. The van der Waals surface area contributed by atoms with E-state index in [4.69, 9.17) is 4.74 Å². The van der Waals surface area contributed by atoms with Crippen molar-refractivity contribution in [3.8, 4) is 5.75 Å². The number of nitrogens with zero attached hydrogens (tertiary/aromatic N) is 1. The van der Waals surface area contributed by atoms with E-state index >= 15 is 0 Å². The van der Waals surface area contributed by atoms with Crippen molar-refractivity contribution in [1.29, 1.82) is 0 Å². The predicted molar refractivity (Wildman–Crippen MR) is 108 cm³/mol. The van der Waals surface area contributed by atoms with Gasteiger partial charge in [0, 0.05) is 11.1 Å². The van der Waals surface area contributed by atoms with Gasteiger partial charge < -0.3 is 9.64 Å². The van der Waals surface area contributed by atoms with E-state index in [1.54, 1.807) is 24.4 Å². The lowest BCUT2D eigenvalue weighted by atomic mass is 10.1. The number of benzene rings is 2. The maximum Gasteiger partial charge on any atom is 0.218 e. The molecule has 7 heteroatoms. The Bertz CT molecular complexity index is 921. The van der Waals surface area contributed by atoms with Crippen molar-refractivity contribution >= 4 is 15.8 Å². The van der Waals surface area contributed by atoms with Crippen LogP contribution in [0.15, 0.2) is 48.5 Å². The lowest BCUT2D eigenvalue weighted by Gasteiger charge is -2.31. The van der Waals surface area contributed by atoms with E-state index in [9.17, 15) is 13.2 Å². The monoisotopic (exact) mass is 403 g/mol. The first kappa shape index (κ1) is 20.5. The fourth-order valence-electron chi connectivity index (χ4n) is 3.54. The summed E-state index contributed by atoms with van der Waals surface area (Å²) < 4.78 is 32.4. The predicted octanol–water partition coefficient (Wildman–Crippen LogP) is 1.13. The second kappa shape index (κ2) is 8.86. The van der Waals surface area contributed by atoms with Gasteiger partial charge in [0.25, 0.3) is 0 Å². The van der Waals surface area contributed by atoms with Gasteiger partial charge in [-0.3, -0.25) is 4.79 Å².